The maximum Gasteiger partial charge on any atom is 0.233 e. The lowest BCUT2D eigenvalue weighted by atomic mass is 9.85. The first-order chi connectivity index (χ1) is 14.0. The predicted octanol–water partition coefficient (Wildman–Crippen LogP) is 0.770. The number of likely N-dealkylation sites (tertiary alicyclic amines) is 1. The van der Waals surface area contributed by atoms with E-state index in [1.54, 1.807) is 6.08 Å². The number of fused-ring (bicyclic) bond motifs is 5. The molecule has 1 aromatic heterocycles. The average molecular weight is 525 g/mol. The normalized spacial score (nSPS) is 26.7. The van der Waals surface area contributed by atoms with Crippen LogP contribution in [0.5, 0.6) is 0 Å². The van der Waals surface area contributed by atoms with Crippen molar-refractivity contribution in [2.75, 3.05) is 19.6 Å². The van der Waals surface area contributed by atoms with Gasteiger partial charge in [0.25, 0.3) is 0 Å². The third-order valence-electron chi connectivity index (χ3n) is 6.16. The fourth-order valence-corrected chi connectivity index (χ4v) is 4.55. The molecule has 4 atom stereocenters. The van der Waals surface area contributed by atoms with E-state index in [9.17, 15) is 9.59 Å². The fourth-order valence-electron chi connectivity index (χ4n) is 4.55. The van der Waals surface area contributed by atoms with Crippen molar-refractivity contribution in [2.45, 2.75) is 19.9 Å². The number of amides is 2. The molecular weight excluding hydrogens is 497 g/mol. The summed E-state index contributed by atoms with van der Waals surface area (Å²) in [5.74, 6) is 2.28. The number of nitrogens with one attached hydrogen (secondary N) is 2. The van der Waals surface area contributed by atoms with Crippen molar-refractivity contribution in [3.05, 3.63) is 36.5 Å². The first kappa shape index (κ1) is 22.4. The number of halogens is 1. The van der Waals surface area contributed by atoms with Crippen LogP contribution in [0.1, 0.15) is 18.1 Å². The Hall–Kier alpha value is -2.24. The van der Waals surface area contributed by atoms with Gasteiger partial charge in [-0.25, -0.2) is 4.99 Å². The SMILES string of the molecule is C=CCNC(=NCc1nnc(C)n1C)NCCN1C(=O)C2C3C=CC(C3)C2C1=O.I. The Labute approximate surface area is 193 Å². The van der Waals surface area contributed by atoms with E-state index in [4.69, 9.17) is 0 Å². The topological polar surface area (TPSA) is 105 Å². The highest BCUT2D eigenvalue weighted by molar-refractivity contribution is 14.0. The van der Waals surface area contributed by atoms with Crippen molar-refractivity contribution in [2.24, 2.45) is 35.7 Å². The monoisotopic (exact) mass is 525 g/mol. The second-order valence-corrected chi connectivity index (χ2v) is 7.81. The van der Waals surface area contributed by atoms with E-state index in [1.165, 1.54) is 4.90 Å². The molecule has 4 unspecified atom stereocenters. The molecule has 0 radical (unpaired) electrons. The summed E-state index contributed by atoms with van der Waals surface area (Å²) in [7, 11) is 1.90. The number of carbonyl (C=O) groups excluding carboxylic acids is 2. The number of aromatic nitrogens is 3. The van der Waals surface area contributed by atoms with Crippen molar-refractivity contribution in [3.63, 3.8) is 0 Å². The number of hydrogen-bond acceptors (Lipinski definition) is 5. The van der Waals surface area contributed by atoms with Gasteiger partial charge in [0, 0.05) is 26.7 Å². The van der Waals surface area contributed by atoms with Crippen LogP contribution in [0.2, 0.25) is 0 Å². The van der Waals surface area contributed by atoms with Gasteiger partial charge in [0.2, 0.25) is 11.8 Å². The molecule has 3 aliphatic rings. The third-order valence-corrected chi connectivity index (χ3v) is 6.16. The van der Waals surface area contributed by atoms with Gasteiger partial charge in [-0.05, 0) is 25.2 Å². The zero-order chi connectivity index (χ0) is 20.5. The highest BCUT2D eigenvalue weighted by Gasteiger charge is 2.58. The molecule has 2 N–H and O–H groups in total. The van der Waals surface area contributed by atoms with Crippen LogP contribution < -0.4 is 10.6 Å². The molecule has 0 spiro atoms. The number of rotatable bonds is 7. The van der Waals surface area contributed by atoms with Crippen LogP contribution in [-0.4, -0.2) is 57.1 Å². The Balaban J connectivity index is 0.00000256. The molecule has 1 aliphatic heterocycles. The molecule has 162 valence electrons. The van der Waals surface area contributed by atoms with E-state index in [0.717, 1.165) is 18.1 Å². The summed E-state index contributed by atoms with van der Waals surface area (Å²) in [4.78, 5) is 31.5. The lowest BCUT2D eigenvalue weighted by Crippen LogP contribution is -2.43. The van der Waals surface area contributed by atoms with Gasteiger partial charge in [-0.1, -0.05) is 18.2 Å². The first-order valence-electron chi connectivity index (χ1n) is 10.0. The van der Waals surface area contributed by atoms with Gasteiger partial charge in [-0.15, -0.1) is 40.8 Å². The molecule has 1 saturated heterocycles. The minimum absolute atomic E-state index is 0. The van der Waals surface area contributed by atoms with Gasteiger partial charge in [0.05, 0.1) is 11.8 Å². The fraction of sp³-hybridized carbons (Fsp3) is 0.550. The van der Waals surface area contributed by atoms with Crippen LogP contribution in [0.15, 0.2) is 29.8 Å². The third kappa shape index (κ3) is 4.01. The summed E-state index contributed by atoms with van der Waals surface area (Å²) < 4.78 is 1.89. The molecule has 2 bridgehead atoms. The van der Waals surface area contributed by atoms with Crippen LogP contribution in [-0.2, 0) is 23.2 Å². The molecule has 2 fully saturated rings. The van der Waals surface area contributed by atoms with E-state index in [2.05, 4.69) is 44.6 Å². The summed E-state index contributed by atoms with van der Waals surface area (Å²) in [5.41, 5.74) is 0. The minimum Gasteiger partial charge on any atom is -0.355 e. The number of nitrogens with zero attached hydrogens (tertiary/aromatic N) is 5. The van der Waals surface area contributed by atoms with Gasteiger partial charge < -0.3 is 15.2 Å². The smallest absolute Gasteiger partial charge is 0.233 e. The maximum atomic E-state index is 12.8. The molecule has 9 nitrogen and oxygen atoms in total. The molecule has 30 heavy (non-hydrogen) atoms. The summed E-state index contributed by atoms with van der Waals surface area (Å²) in [6.07, 6.45) is 6.90. The summed E-state index contributed by atoms with van der Waals surface area (Å²) >= 11 is 0. The number of aliphatic imine (C=N–C) groups is 1. The van der Waals surface area contributed by atoms with E-state index < -0.39 is 0 Å². The summed E-state index contributed by atoms with van der Waals surface area (Å²) in [5, 5.41) is 14.5. The van der Waals surface area contributed by atoms with Crippen molar-refractivity contribution in [1.82, 2.24) is 30.3 Å². The van der Waals surface area contributed by atoms with Crippen molar-refractivity contribution in [3.8, 4) is 0 Å². The van der Waals surface area contributed by atoms with Gasteiger partial charge in [0.15, 0.2) is 11.8 Å². The highest BCUT2D eigenvalue weighted by atomic mass is 127. The molecule has 10 heteroatoms. The molecule has 1 saturated carbocycles. The van der Waals surface area contributed by atoms with Crippen molar-refractivity contribution >= 4 is 41.8 Å². The minimum atomic E-state index is -0.149. The van der Waals surface area contributed by atoms with Gasteiger partial charge in [0.1, 0.15) is 12.4 Å². The van der Waals surface area contributed by atoms with E-state index in [1.807, 2.05) is 18.5 Å². The molecule has 2 aliphatic carbocycles. The first-order valence-corrected chi connectivity index (χ1v) is 10.0. The van der Waals surface area contributed by atoms with Crippen LogP contribution in [0.4, 0.5) is 0 Å². The van der Waals surface area contributed by atoms with E-state index in [0.29, 0.717) is 32.1 Å². The number of hydrogen-bond donors (Lipinski definition) is 2. The van der Waals surface area contributed by atoms with Crippen LogP contribution in [0.25, 0.3) is 0 Å². The zero-order valence-corrected chi connectivity index (χ0v) is 19.6. The molecule has 1 aromatic rings. The standard InChI is InChI=1S/C20H27N7O2.HI/c1-4-7-21-20(23-11-15-25-24-12(2)26(15)3)22-8-9-27-18(28)16-13-5-6-14(10-13)17(16)19(27)29;/h4-6,13-14,16-17H,1,7-11H2,2-3H3,(H2,21,22,23);1H. The molecule has 4 rings (SSSR count). The van der Waals surface area contributed by atoms with Crippen LogP contribution in [0.3, 0.4) is 0 Å². The van der Waals surface area contributed by atoms with Gasteiger partial charge in [-0.3, -0.25) is 14.5 Å². The number of aryl methyl sites for hydroxylation is 1. The molecule has 2 heterocycles. The van der Waals surface area contributed by atoms with Crippen molar-refractivity contribution < 1.29 is 9.59 Å². The Bertz CT molecular complexity index is 864. The highest BCUT2D eigenvalue weighted by Crippen LogP contribution is 2.52. The zero-order valence-electron chi connectivity index (χ0n) is 17.2. The second kappa shape index (κ2) is 9.27. The van der Waals surface area contributed by atoms with Gasteiger partial charge in [-0.2, -0.15) is 0 Å². The number of imide groups is 1. The molecule has 2 amide bonds. The lowest BCUT2D eigenvalue weighted by molar-refractivity contribution is -0.140. The van der Waals surface area contributed by atoms with Crippen LogP contribution in [0, 0.1) is 30.6 Å². The van der Waals surface area contributed by atoms with Crippen molar-refractivity contribution in [1.29, 1.82) is 0 Å². The molecular formula is C20H28IN7O2. The number of guanidine groups is 1. The Morgan fingerprint density at radius 2 is 1.90 bits per heavy atom. The predicted molar refractivity (Wildman–Crippen MR) is 123 cm³/mol. The summed E-state index contributed by atoms with van der Waals surface area (Å²) in [6, 6.07) is 0. The Kier molecular flexibility index (Phi) is 6.94. The second-order valence-electron chi connectivity index (χ2n) is 7.81. The maximum absolute atomic E-state index is 12.8. The van der Waals surface area contributed by atoms with E-state index >= 15 is 0 Å². The molecule has 0 aromatic carbocycles. The Morgan fingerprint density at radius 1 is 1.23 bits per heavy atom. The number of carbonyl (C=O) groups is 2. The van der Waals surface area contributed by atoms with E-state index in [-0.39, 0.29) is 59.5 Å². The quantitative estimate of drug-likeness (QED) is 0.179. The Morgan fingerprint density at radius 3 is 2.47 bits per heavy atom. The lowest BCUT2D eigenvalue weighted by Gasteiger charge is -2.18. The summed E-state index contributed by atoms with van der Waals surface area (Å²) in [6.45, 7) is 7.27. The van der Waals surface area contributed by atoms with Crippen LogP contribution >= 0.6 is 24.0 Å². The largest absolute Gasteiger partial charge is 0.355 e. The van der Waals surface area contributed by atoms with Gasteiger partial charge >= 0.3 is 0 Å². The average Bonchev–Trinajstić information content (AvgIpc) is 3.46. The number of allylic oxidation sites excluding steroid dienone is 2.